The summed E-state index contributed by atoms with van der Waals surface area (Å²) in [5, 5.41) is 17.3. The van der Waals surface area contributed by atoms with Gasteiger partial charge in [0.2, 0.25) is 0 Å². The van der Waals surface area contributed by atoms with E-state index < -0.39 is 0 Å². The van der Waals surface area contributed by atoms with Crippen LogP contribution in [0.1, 0.15) is 43.9 Å². The zero-order valence-corrected chi connectivity index (χ0v) is 19.6. The highest BCUT2D eigenvalue weighted by Gasteiger charge is 2.42. The Labute approximate surface area is 203 Å². The molecule has 0 spiro atoms. The average Bonchev–Trinajstić information content (AvgIpc) is 3.31. The number of aromatic nitrogens is 1. The van der Waals surface area contributed by atoms with Crippen molar-refractivity contribution >= 4 is 27.9 Å². The number of ketones is 1. The lowest BCUT2D eigenvalue weighted by Gasteiger charge is -2.40. The summed E-state index contributed by atoms with van der Waals surface area (Å²) in [5.74, 6) is -0.135. The van der Waals surface area contributed by atoms with Crippen molar-refractivity contribution in [1.29, 1.82) is 0 Å². The van der Waals surface area contributed by atoms with E-state index in [0.717, 1.165) is 45.4 Å². The number of hydrogen-bond donors (Lipinski definition) is 1. The molecule has 3 aromatic carbocycles. The number of non-ortho nitro benzene ring substituents is 1. The van der Waals surface area contributed by atoms with E-state index in [9.17, 15) is 14.9 Å². The third-order valence-corrected chi connectivity index (χ3v) is 7.15. The molecule has 6 nitrogen and oxygen atoms in total. The first-order chi connectivity index (χ1) is 16.8. The van der Waals surface area contributed by atoms with Gasteiger partial charge >= 0.3 is 0 Å². The Bertz CT molecular complexity index is 1560. The molecule has 2 heterocycles. The second-order valence-electron chi connectivity index (χ2n) is 10.2. The number of nitro benzene ring substituents is 1. The van der Waals surface area contributed by atoms with Crippen LogP contribution in [0, 0.1) is 15.5 Å². The van der Waals surface area contributed by atoms with Crippen LogP contribution in [0.25, 0.3) is 16.5 Å². The van der Waals surface area contributed by atoms with E-state index in [0.29, 0.717) is 12.1 Å². The summed E-state index contributed by atoms with van der Waals surface area (Å²) < 4.78 is 1.98. The maximum absolute atomic E-state index is 13.7. The van der Waals surface area contributed by atoms with Crippen molar-refractivity contribution in [2.75, 3.05) is 5.32 Å². The van der Waals surface area contributed by atoms with Crippen molar-refractivity contribution in [2.45, 2.75) is 32.6 Å². The molecule has 1 unspecified atom stereocenters. The van der Waals surface area contributed by atoms with Crippen LogP contribution < -0.4 is 5.32 Å². The number of nitrogens with zero attached hydrogens (tertiary/aromatic N) is 2. The van der Waals surface area contributed by atoms with Crippen LogP contribution in [0.5, 0.6) is 0 Å². The first-order valence-corrected chi connectivity index (χ1v) is 11.8. The van der Waals surface area contributed by atoms with Gasteiger partial charge in [0, 0.05) is 47.4 Å². The van der Waals surface area contributed by atoms with Gasteiger partial charge in [0.25, 0.3) is 5.69 Å². The molecule has 1 aromatic heterocycles. The number of allylic oxidation sites excluding steroid dienone is 2. The lowest BCUT2D eigenvalue weighted by Crippen LogP contribution is -2.34. The third kappa shape index (κ3) is 3.44. The van der Waals surface area contributed by atoms with Gasteiger partial charge in [-0.2, -0.15) is 0 Å². The molecule has 4 aromatic rings. The Kier molecular flexibility index (Phi) is 4.68. The fourth-order valence-electron chi connectivity index (χ4n) is 5.72. The summed E-state index contributed by atoms with van der Waals surface area (Å²) in [5.41, 5.74) is 5.39. The summed E-state index contributed by atoms with van der Waals surface area (Å²) in [6.07, 6.45) is 3.19. The number of hydrogen-bond acceptors (Lipinski definition) is 4. The normalized spacial score (nSPS) is 18.7. The summed E-state index contributed by atoms with van der Waals surface area (Å²) in [7, 11) is 0. The number of Topliss-reactive ketones (excluding diaryl/α,β-unsaturated/α-hetero) is 1. The smallest absolute Gasteiger partial charge is 0.271 e. The van der Waals surface area contributed by atoms with Gasteiger partial charge in [-0.05, 0) is 52.4 Å². The molecule has 6 heteroatoms. The second-order valence-corrected chi connectivity index (χ2v) is 10.2. The van der Waals surface area contributed by atoms with Gasteiger partial charge in [0.1, 0.15) is 0 Å². The lowest BCUT2D eigenvalue weighted by molar-refractivity contribution is -0.384. The van der Waals surface area contributed by atoms with Gasteiger partial charge in [-0.15, -0.1) is 0 Å². The van der Waals surface area contributed by atoms with E-state index in [1.54, 1.807) is 12.1 Å². The van der Waals surface area contributed by atoms with Crippen LogP contribution in [0.3, 0.4) is 0 Å². The van der Waals surface area contributed by atoms with Gasteiger partial charge in [-0.1, -0.05) is 50.2 Å². The summed E-state index contributed by atoms with van der Waals surface area (Å²) in [4.78, 5) is 24.8. The Morgan fingerprint density at radius 3 is 2.66 bits per heavy atom. The average molecular weight is 464 g/mol. The molecule has 1 atom stereocenters. The van der Waals surface area contributed by atoms with Crippen LogP contribution in [-0.4, -0.2) is 15.3 Å². The Morgan fingerprint density at radius 2 is 1.83 bits per heavy atom. The van der Waals surface area contributed by atoms with Crippen LogP contribution in [0.4, 0.5) is 11.4 Å². The van der Waals surface area contributed by atoms with E-state index in [4.69, 9.17) is 0 Å². The van der Waals surface area contributed by atoms with Crippen molar-refractivity contribution < 1.29 is 9.72 Å². The molecule has 0 saturated carbocycles. The highest BCUT2D eigenvalue weighted by molar-refractivity contribution is 6.04. The highest BCUT2D eigenvalue weighted by atomic mass is 16.6. The zero-order valence-electron chi connectivity index (χ0n) is 19.6. The quantitative estimate of drug-likeness (QED) is 0.270. The summed E-state index contributed by atoms with van der Waals surface area (Å²) in [6, 6.07) is 23.0. The first-order valence-electron chi connectivity index (χ1n) is 11.8. The number of anilines is 1. The summed E-state index contributed by atoms with van der Waals surface area (Å²) >= 11 is 0. The molecule has 35 heavy (non-hydrogen) atoms. The Morgan fingerprint density at radius 1 is 1.00 bits per heavy atom. The SMILES string of the molecule is CC1(C)CC(=O)C2=C(C1)Nc1ccc3ccccc3c1C2c1cccn1-c1cccc([N+](=O)[O-])c1. The predicted molar refractivity (Wildman–Crippen MR) is 137 cm³/mol. The molecule has 2 aliphatic rings. The lowest BCUT2D eigenvalue weighted by atomic mass is 9.69. The van der Waals surface area contributed by atoms with E-state index >= 15 is 0 Å². The zero-order chi connectivity index (χ0) is 24.3. The predicted octanol–water partition coefficient (Wildman–Crippen LogP) is 6.74. The van der Waals surface area contributed by atoms with E-state index in [-0.39, 0.29) is 27.7 Å². The van der Waals surface area contributed by atoms with Crippen molar-refractivity contribution in [1.82, 2.24) is 4.57 Å². The molecule has 0 amide bonds. The molecule has 1 aliphatic heterocycles. The molecule has 0 saturated heterocycles. The van der Waals surface area contributed by atoms with Crippen molar-refractivity contribution in [3.8, 4) is 5.69 Å². The number of fused-ring (bicyclic) bond motifs is 3. The molecule has 0 bridgehead atoms. The van der Waals surface area contributed by atoms with Gasteiger partial charge in [-0.25, -0.2) is 0 Å². The van der Waals surface area contributed by atoms with Crippen molar-refractivity contribution in [3.63, 3.8) is 0 Å². The molecular formula is C29H25N3O3. The number of carbonyl (C=O) groups excluding carboxylic acids is 1. The largest absolute Gasteiger partial charge is 0.358 e. The molecule has 6 rings (SSSR count). The maximum Gasteiger partial charge on any atom is 0.271 e. The van der Waals surface area contributed by atoms with Gasteiger partial charge in [0.05, 0.1) is 16.5 Å². The molecule has 0 fully saturated rings. The van der Waals surface area contributed by atoms with Crippen LogP contribution in [0.15, 0.2) is 90.3 Å². The number of nitro groups is 1. The van der Waals surface area contributed by atoms with Gasteiger partial charge in [-0.3, -0.25) is 14.9 Å². The standard InChI is InChI=1S/C29H25N3O3/c1-29(2)16-23-27(25(33)17-29)28(26-21-10-4-3-7-18(21)12-13-22(26)30-23)24-11-6-14-31(24)19-8-5-9-20(15-19)32(34)35/h3-15,28,30H,16-17H2,1-2H3. The maximum atomic E-state index is 13.7. The van der Waals surface area contributed by atoms with Crippen LogP contribution >= 0.6 is 0 Å². The molecule has 0 radical (unpaired) electrons. The van der Waals surface area contributed by atoms with Crippen LogP contribution in [-0.2, 0) is 4.79 Å². The van der Waals surface area contributed by atoms with E-state index in [2.05, 4.69) is 43.4 Å². The van der Waals surface area contributed by atoms with Crippen molar-refractivity contribution in [2.24, 2.45) is 5.41 Å². The topological polar surface area (TPSA) is 77.2 Å². The number of benzene rings is 3. The summed E-state index contributed by atoms with van der Waals surface area (Å²) in [6.45, 7) is 4.26. The van der Waals surface area contributed by atoms with Crippen LogP contribution in [0.2, 0.25) is 0 Å². The second kappa shape index (κ2) is 7.67. The molecule has 1 aliphatic carbocycles. The monoisotopic (exact) mass is 463 g/mol. The Balaban J connectivity index is 1.63. The number of nitrogens with one attached hydrogen (secondary N) is 1. The number of rotatable bonds is 3. The molecular weight excluding hydrogens is 438 g/mol. The van der Waals surface area contributed by atoms with E-state index in [1.807, 2.05) is 41.1 Å². The van der Waals surface area contributed by atoms with Crippen molar-refractivity contribution in [3.05, 3.63) is 112 Å². The fraction of sp³-hybridized carbons (Fsp3) is 0.207. The number of carbonyl (C=O) groups is 1. The highest BCUT2D eigenvalue weighted by Crippen LogP contribution is 2.51. The first kappa shape index (κ1) is 21.4. The van der Waals surface area contributed by atoms with E-state index in [1.165, 1.54) is 6.07 Å². The minimum Gasteiger partial charge on any atom is -0.358 e. The van der Waals surface area contributed by atoms with Gasteiger partial charge < -0.3 is 9.88 Å². The molecule has 174 valence electrons. The third-order valence-electron chi connectivity index (χ3n) is 7.15. The minimum atomic E-state index is -0.382. The van der Waals surface area contributed by atoms with Gasteiger partial charge in [0.15, 0.2) is 5.78 Å². The molecule has 1 N–H and O–H groups in total. The Hall–Kier alpha value is -4.19. The fourth-order valence-corrected chi connectivity index (χ4v) is 5.72. The minimum absolute atomic E-state index is 0.0358.